The Morgan fingerprint density at radius 2 is 2.18 bits per heavy atom. The maximum absolute atomic E-state index is 10.4. The highest BCUT2D eigenvalue weighted by molar-refractivity contribution is 7.83. The van der Waals surface area contributed by atoms with Crippen LogP contribution in [0.1, 0.15) is 6.42 Å². The molecule has 0 bridgehead atoms. The van der Waals surface area contributed by atoms with Crippen LogP contribution in [0.15, 0.2) is 0 Å². The summed E-state index contributed by atoms with van der Waals surface area (Å²) in [4.78, 5) is 10.4. The van der Waals surface area contributed by atoms with Crippen molar-refractivity contribution in [2.75, 3.05) is 13.7 Å². The van der Waals surface area contributed by atoms with Gasteiger partial charge in [-0.3, -0.25) is 9.35 Å². The molecule has 0 saturated carbocycles. The molecule has 0 aliphatic rings. The Balaban J connectivity index is 3.51. The molecule has 11 heavy (non-hydrogen) atoms. The first kappa shape index (κ1) is 10.3. The number of hydrogen-bond donors (Lipinski definition) is 2. The Kier molecular flexibility index (Phi) is 4.01. The summed E-state index contributed by atoms with van der Waals surface area (Å²) in [7, 11) is -3.00. The lowest BCUT2D eigenvalue weighted by atomic mass is 10.4. The summed E-state index contributed by atoms with van der Waals surface area (Å²) in [5.74, 6) is -0.541. The second kappa shape index (κ2) is 4.27. The second-order valence-electron chi connectivity index (χ2n) is 1.70. The van der Waals surface area contributed by atoms with Crippen molar-refractivity contribution in [1.82, 2.24) is 4.72 Å². The van der Waals surface area contributed by atoms with E-state index in [1.807, 2.05) is 0 Å². The van der Waals surface area contributed by atoms with Crippen molar-refractivity contribution in [2.45, 2.75) is 6.42 Å². The van der Waals surface area contributed by atoms with E-state index in [9.17, 15) is 13.2 Å². The van der Waals surface area contributed by atoms with Crippen molar-refractivity contribution in [3.63, 3.8) is 0 Å². The Hall–Kier alpha value is -0.660. The van der Waals surface area contributed by atoms with Gasteiger partial charge in [0.15, 0.2) is 0 Å². The number of esters is 1. The predicted molar refractivity (Wildman–Crippen MR) is 36.2 cm³/mol. The summed E-state index contributed by atoms with van der Waals surface area (Å²) in [5, 5.41) is 0. The molecule has 0 fully saturated rings. The molecule has 0 aliphatic heterocycles. The number of carbonyl (C=O) groups excluding carboxylic acids is 1. The number of carbonyl (C=O) groups is 1. The van der Waals surface area contributed by atoms with Crippen molar-refractivity contribution in [2.24, 2.45) is 0 Å². The van der Waals surface area contributed by atoms with E-state index in [1.165, 1.54) is 7.11 Å². The number of methoxy groups -OCH3 is 1. The molecule has 2 N–H and O–H groups in total. The Morgan fingerprint density at radius 1 is 1.64 bits per heavy atom. The molecule has 0 spiro atoms. The first-order chi connectivity index (χ1) is 4.95. The number of rotatable bonds is 4. The van der Waals surface area contributed by atoms with Gasteiger partial charge in [-0.15, -0.1) is 0 Å². The Labute approximate surface area is 64.4 Å². The Morgan fingerprint density at radius 3 is 2.55 bits per heavy atom. The van der Waals surface area contributed by atoms with Crippen LogP contribution in [0.5, 0.6) is 0 Å². The van der Waals surface area contributed by atoms with E-state index in [2.05, 4.69) is 4.74 Å². The minimum atomic E-state index is -4.19. The summed E-state index contributed by atoms with van der Waals surface area (Å²) in [6.45, 7) is -0.161. The molecule has 0 unspecified atom stereocenters. The van der Waals surface area contributed by atoms with Gasteiger partial charge in [0.05, 0.1) is 13.5 Å². The second-order valence-corrected chi connectivity index (χ2v) is 2.93. The molecule has 7 heteroatoms. The van der Waals surface area contributed by atoms with E-state index in [0.717, 1.165) is 0 Å². The fourth-order valence-electron chi connectivity index (χ4n) is 0.384. The van der Waals surface area contributed by atoms with Crippen molar-refractivity contribution in [3.8, 4) is 0 Å². The van der Waals surface area contributed by atoms with Gasteiger partial charge in [-0.05, 0) is 0 Å². The van der Waals surface area contributed by atoms with Crippen LogP contribution in [0.2, 0.25) is 0 Å². The molecule has 0 aromatic heterocycles. The lowest BCUT2D eigenvalue weighted by Crippen LogP contribution is -2.25. The molecule has 0 saturated heterocycles. The van der Waals surface area contributed by atoms with Crippen LogP contribution >= 0.6 is 0 Å². The van der Waals surface area contributed by atoms with Gasteiger partial charge in [-0.1, -0.05) is 0 Å². The van der Waals surface area contributed by atoms with E-state index in [-0.39, 0.29) is 13.0 Å². The Bertz CT molecular complexity index is 221. The van der Waals surface area contributed by atoms with Gasteiger partial charge >= 0.3 is 16.3 Å². The molecule has 6 nitrogen and oxygen atoms in total. The van der Waals surface area contributed by atoms with Gasteiger partial charge in [0.2, 0.25) is 0 Å². The predicted octanol–water partition coefficient (Wildman–Crippen LogP) is -1.06. The molecule has 0 radical (unpaired) electrons. The number of hydrogen-bond acceptors (Lipinski definition) is 4. The number of ether oxygens (including phenoxy) is 1. The van der Waals surface area contributed by atoms with Gasteiger partial charge in [0.1, 0.15) is 0 Å². The summed E-state index contributed by atoms with van der Waals surface area (Å²) >= 11 is 0. The molecule has 0 aromatic rings. The van der Waals surface area contributed by atoms with E-state index in [0.29, 0.717) is 0 Å². The number of nitrogens with one attached hydrogen (secondary N) is 1. The fraction of sp³-hybridized carbons (Fsp3) is 0.750. The minimum Gasteiger partial charge on any atom is -0.469 e. The van der Waals surface area contributed by atoms with Gasteiger partial charge in [0, 0.05) is 6.54 Å². The molecular weight excluding hydrogens is 174 g/mol. The van der Waals surface area contributed by atoms with Crippen molar-refractivity contribution >= 4 is 16.3 Å². The third-order valence-electron chi connectivity index (χ3n) is 0.841. The SMILES string of the molecule is COC(=O)CCNS(=O)(=O)O. The quantitative estimate of drug-likeness (QED) is 0.428. The summed E-state index contributed by atoms with van der Waals surface area (Å²) < 4.78 is 34.0. The monoisotopic (exact) mass is 183 g/mol. The normalized spacial score (nSPS) is 11.1. The van der Waals surface area contributed by atoms with E-state index < -0.39 is 16.3 Å². The third kappa shape index (κ3) is 7.23. The maximum atomic E-state index is 10.4. The third-order valence-corrected chi connectivity index (χ3v) is 1.41. The fourth-order valence-corrected chi connectivity index (χ4v) is 0.744. The van der Waals surface area contributed by atoms with Crippen LogP contribution in [-0.2, 0) is 19.8 Å². The first-order valence-corrected chi connectivity index (χ1v) is 4.18. The molecular formula is C4H9NO5S. The minimum absolute atomic E-state index is 0.101. The molecule has 0 rings (SSSR count). The van der Waals surface area contributed by atoms with Crippen LogP contribution in [0.4, 0.5) is 0 Å². The summed E-state index contributed by atoms with van der Waals surface area (Å²) in [6.07, 6.45) is -0.101. The maximum Gasteiger partial charge on any atom is 0.333 e. The van der Waals surface area contributed by atoms with Gasteiger partial charge in [0.25, 0.3) is 0 Å². The summed E-state index contributed by atoms with van der Waals surface area (Å²) in [6, 6.07) is 0. The van der Waals surface area contributed by atoms with Crippen molar-refractivity contribution in [3.05, 3.63) is 0 Å². The highest BCUT2D eigenvalue weighted by atomic mass is 32.2. The van der Waals surface area contributed by atoms with E-state index in [4.69, 9.17) is 4.55 Å². The largest absolute Gasteiger partial charge is 0.469 e. The molecule has 0 aromatic carbocycles. The average molecular weight is 183 g/mol. The van der Waals surface area contributed by atoms with Gasteiger partial charge in [-0.25, -0.2) is 0 Å². The van der Waals surface area contributed by atoms with Crippen LogP contribution in [0.3, 0.4) is 0 Å². The average Bonchev–Trinajstić information content (AvgIpc) is 1.85. The standard InChI is InChI=1S/C4H9NO5S/c1-10-4(6)2-3-5-11(7,8)9/h5H,2-3H2,1H3,(H,7,8,9). The van der Waals surface area contributed by atoms with E-state index in [1.54, 1.807) is 4.72 Å². The zero-order chi connectivity index (χ0) is 8.91. The van der Waals surface area contributed by atoms with Gasteiger partial charge in [-0.2, -0.15) is 13.1 Å². The highest BCUT2D eigenvalue weighted by Gasteiger charge is 2.04. The lowest BCUT2D eigenvalue weighted by Gasteiger charge is -1.98. The van der Waals surface area contributed by atoms with E-state index >= 15 is 0 Å². The van der Waals surface area contributed by atoms with Crippen molar-refractivity contribution in [1.29, 1.82) is 0 Å². The lowest BCUT2D eigenvalue weighted by molar-refractivity contribution is -0.140. The molecule has 0 heterocycles. The molecule has 0 amide bonds. The van der Waals surface area contributed by atoms with Crippen molar-refractivity contribution < 1.29 is 22.5 Å². The zero-order valence-electron chi connectivity index (χ0n) is 5.90. The van der Waals surface area contributed by atoms with Crippen LogP contribution in [0, 0.1) is 0 Å². The van der Waals surface area contributed by atoms with Crippen LogP contribution in [-0.4, -0.2) is 32.6 Å². The zero-order valence-corrected chi connectivity index (χ0v) is 6.72. The highest BCUT2D eigenvalue weighted by Crippen LogP contribution is 1.82. The van der Waals surface area contributed by atoms with Crippen LogP contribution in [0.25, 0.3) is 0 Å². The molecule has 0 atom stereocenters. The summed E-state index contributed by atoms with van der Waals surface area (Å²) in [5.41, 5.74) is 0. The molecule has 66 valence electrons. The van der Waals surface area contributed by atoms with Crippen LogP contribution < -0.4 is 4.72 Å². The smallest absolute Gasteiger partial charge is 0.333 e. The molecule has 0 aliphatic carbocycles. The first-order valence-electron chi connectivity index (χ1n) is 2.74. The van der Waals surface area contributed by atoms with Gasteiger partial charge < -0.3 is 4.74 Å². The topological polar surface area (TPSA) is 92.7 Å².